The summed E-state index contributed by atoms with van der Waals surface area (Å²) in [7, 11) is 0. The zero-order valence-electron chi connectivity index (χ0n) is 9.70. The fourth-order valence-corrected chi connectivity index (χ4v) is 2.17. The Hall–Kier alpha value is -0.340. The summed E-state index contributed by atoms with van der Waals surface area (Å²) in [5.41, 5.74) is 7.58. The molecule has 0 spiro atoms. The first kappa shape index (κ1) is 12.7. The van der Waals surface area contributed by atoms with Crippen molar-refractivity contribution in [1.29, 1.82) is 0 Å². The highest BCUT2D eigenvalue weighted by Crippen LogP contribution is 2.27. The van der Waals surface area contributed by atoms with Gasteiger partial charge in [0.05, 0.1) is 0 Å². The normalized spacial score (nSPS) is 15.3. The molecular weight excluding hydrogens is 250 g/mol. The van der Waals surface area contributed by atoms with E-state index in [1.54, 1.807) is 0 Å². The molecule has 0 radical (unpaired) electrons. The predicted octanol–water partition coefficient (Wildman–Crippen LogP) is 3.93. The third-order valence-electron chi connectivity index (χ3n) is 2.97. The lowest BCUT2D eigenvalue weighted by molar-refractivity contribution is 0.408. The molecule has 2 heteroatoms. The number of hydrogen-bond acceptors (Lipinski definition) is 1. The summed E-state index contributed by atoms with van der Waals surface area (Å²) in [5.74, 6) is 0.997. The lowest BCUT2D eigenvalue weighted by Crippen LogP contribution is -2.33. The number of rotatable bonds is 4. The van der Waals surface area contributed by atoms with E-state index in [0.717, 1.165) is 10.9 Å². The molecule has 0 aliphatic rings. The van der Waals surface area contributed by atoms with Gasteiger partial charge in [0.25, 0.3) is 0 Å². The van der Waals surface area contributed by atoms with Crippen LogP contribution in [0.25, 0.3) is 0 Å². The molecule has 2 atom stereocenters. The van der Waals surface area contributed by atoms with E-state index in [4.69, 9.17) is 5.73 Å². The Morgan fingerprint density at radius 1 is 1.20 bits per heavy atom. The van der Waals surface area contributed by atoms with Gasteiger partial charge in [-0.15, -0.1) is 0 Å². The fourth-order valence-electron chi connectivity index (χ4n) is 1.90. The molecule has 0 amide bonds. The zero-order valence-corrected chi connectivity index (χ0v) is 11.3. The molecule has 0 saturated heterocycles. The van der Waals surface area contributed by atoms with Crippen LogP contribution >= 0.6 is 15.9 Å². The molecular formula is C13H20BrN. The molecule has 1 aromatic rings. The Labute approximate surface area is 101 Å². The third-order valence-corrected chi connectivity index (χ3v) is 3.50. The molecule has 0 aliphatic carbocycles. The second kappa shape index (κ2) is 5.66. The van der Waals surface area contributed by atoms with Crippen LogP contribution in [0.5, 0.6) is 0 Å². The van der Waals surface area contributed by atoms with E-state index in [1.165, 1.54) is 5.56 Å². The largest absolute Gasteiger partial charge is 0.327 e. The molecule has 84 valence electrons. The van der Waals surface area contributed by atoms with E-state index in [2.05, 4.69) is 61.0 Å². The lowest BCUT2D eigenvalue weighted by atomic mass is 9.84. The van der Waals surface area contributed by atoms with Gasteiger partial charge >= 0.3 is 0 Å². The number of halogens is 1. The van der Waals surface area contributed by atoms with Gasteiger partial charge in [0.2, 0.25) is 0 Å². The molecule has 0 saturated carbocycles. The van der Waals surface area contributed by atoms with Gasteiger partial charge in [-0.05, 0) is 36.0 Å². The summed E-state index contributed by atoms with van der Waals surface area (Å²) < 4.78 is 1.12. The fraction of sp³-hybridized carbons (Fsp3) is 0.538. The van der Waals surface area contributed by atoms with E-state index in [1.807, 2.05) is 0 Å². The van der Waals surface area contributed by atoms with E-state index in [0.29, 0.717) is 11.8 Å². The molecule has 0 fully saturated rings. The molecule has 0 bridgehead atoms. The van der Waals surface area contributed by atoms with Crippen LogP contribution in [-0.2, 0) is 0 Å². The summed E-state index contributed by atoms with van der Waals surface area (Å²) in [6.45, 7) is 6.58. The van der Waals surface area contributed by atoms with Gasteiger partial charge in [0.1, 0.15) is 0 Å². The van der Waals surface area contributed by atoms with E-state index < -0.39 is 0 Å². The van der Waals surface area contributed by atoms with Gasteiger partial charge in [-0.3, -0.25) is 0 Å². The summed E-state index contributed by atoms with van der Waals surface area (Å²) in [5, 5.41) is 0. The van der Waals surface area contributed by atoms with Gasteiger partial charge in [0.15, 0.2) is 0 Å². The maximum Gasteiger partial charge on any atom is 0.0175 e. The predicted molar refractivity (Wildman–Crippen MR) is 70.0 cm³/mol. The molecule has 2 unspecified atom stereocenters. The molecule has 0 heterocycles. The van der Waals surface area contributed by atoms with Gasteiger partial charge in [-0.2, -0.15) is 0 Å². The minimum absolute atomic E-state index is 0.246. The number of hydrogen-bond donors (Lipinski definition) is 1. The van der Waals surface area contributed by atoms with Crippen LogP contribution in [-0.4, -0.2) is 6.04 Å². The van der Waals surface area contributed by atoms with Crippen molar-refractivity contribution >= 4 is 15.9 Å². The lowest BCUT2D eigenvalue weighted by Gasteiger charge is -2.26. The van der Waals surface area contributed by atoms with Crippen molar-refractivity contribution in [2.75, 3.05) is 0 Å². The monoisotopic (exact) mass is 269 g/mol. The average Bonchev–Trinajstić information content (AvgIpc) is 2.21. The smallest absolute Gasteiger partial charge is 0.0175 e. The van der Waals surface area contributed by atoms with Crippen LogP contribution in [0.4, 0.5) is 0 Å². The molecule has 0 aliphatic heterocycles. The van der Waals surface area contributed by atoms with Crippen molar-refractivity contribution in [3.63, 3.8) is 0 Å². The van der Waals surface area contributed by atoms with Crippen LogP contribution in [0.15, 0.2) is 28.7 Å². The maximum atomic E-state index is 6.23. The highest BCUT2D eigenvalue weighted by atomic mass is 79.9. The quantitative estimate of drug-likeness (QED) is 0.881. The summed E-state index contributed by atoms with van der Waals surface area (Å²) in [4.78, 5) is 0. The van der Waals surface area contributed by atoms with Gasteiger partial charge in [-0.25, -0.2) is 0 Å². The number of nitrogens with two attached hydrogens (primary N) is 1. The van der Waals surface area contributed by atoms with Crippen molar-refractivity contribution in [1.82, 2.24) is 0 Å². The Morgan fingerprint density at radius 3 is 2.13 bits per heavy atom. The van der Waals surface area contributed by atoms with Crippen LogP contribution in [0.3, 0.4) is 0 Å². The van der Waals surface area contributed by atoms with Crippen LogP contribution in [0.1, 0.15) is 38.7 Å². The van der Waals surface area contributed by atoms with Gasteiger partial charge in [-0.1, -0.05) is 48.8 Å². The first-order chi connectivity index (χ1) is 7.06. The highest BCUT2D eigenvalue weighted by Gasteiger charge is 2.20. The molecule has 1 rings (SSSR count). The van der Waals surface area contributed by atoms with Gasteiger partial charge in [0, 0.05) is 10.5 Å². The highest BCUT2D eigenvalue weighted by molar-refractivity contribution is 9.10. The standard InChI is InChI=1S/C13H20BrN/c1-4-12(13(15)9(2)3)10-5-7-11(14)8-6-10/h5-9,12-13H,4,15H2,1-3H3. The van der Waals surface area contributed by atoms with Crippen LogP contribution < -0.4 is 5.73 Å². The van der Waals surface area contributed by atoms with E-state index in [9.17, 15) is 0 Å². The second-order valence-electron chi connectivity index (χ2n) is 4.39. The Kier molecular flexibility index (Phi) is 4.81. The van der Waals surface area contributed by atoms with Gasteiger partial charge < -0.3 is 5.73 Å². The van der Waals surface area contributed by atoms with Crippen molar-refractivity contribution in [2.45, 2.75) is 39.2 Å². The number of benzene rings is 1. The van der Waals surface area contributed by atoms with Crippen LogP contribution in [0.2, 0.25) is 0 Å². The third kappa shape index (κ3) is 3.32. The molecule has 2 N–H and O–H groups in total. The molecule has 15 heavy (non-hydrogen) atoms. The SMILES string of the molecule is CCC(c1ccc(Br)cc1)C(N)C(C)C. The van der Waals surface area contributed by atoms with Crippen LogP contribution in [0, 0.1) is 5.92 Å². The van der Waals surface area contributed by atoms with Crippen molar-refractivity contribution in [3.05, 3.63) is 34.3 Å². The average molecular weight is 270 g/mol. The Morgan fingerprint density at radius 2 is 1.73 bits per heavy atom. The first-order valence-corrected chi connectivity index (χ1v) is 6.36. The minimum Gasteiger partial charge on any atom is -0.327 e. The molecule has 0 aromatic heterocycles. The molecule has 1 aromatic carbocycles. The van der Waals surface area contributed by atoms with Crippen molar-refractivity contribution in [2.24, 2.45) is 11.7 Å². The Bertz CT molecular complexity index is 292. The zero-order chi connectivity index (χ0) is 11.4. The second-order valence-corrected chi connectivity index (χ2v) is 5.30. The summed E-state index contributed by atoms with van der Waals surface area (Å²) in [6, 6.07) is 8.76. The minimum atomic E-state index is 0.246. The summed E-state index contributed by atoms with van der Waals surface area (Å²) >= 11 is 3.45. The Balaban J connectivity index is 2.87. The topological polar surface area (TPSA) is 26.0 Å². The van der Waals surface area contributed by atoms with Crippen molar-refractivity contribution in [3.8, 4) is 0 Å². The van der Waals surface area contributed by atoms with E-state index >= 15 is 0 Å². The summed E-state index contributed by atoms with van der Waals surface area (Å²) in [6.07, 6.45) is 1.10. The van der Waals surface area contributed by atoms with Crippen molar-refractivity contribution < 1.29 is 0 Å². The maximum absolute atomic E-state index is 6.23. The van der Waals surface area contributed by atoms with E-state index in [-0.39, 0.29) is 6.04 Å². The first-order valence-electron chi connectivity index (χ1n) is 5.57. The molecule has 1 nitrogen and oxygen atoms in total.